The third-order valence-corrected chi connectivity index (χ3v) is 5.06. The Kier molecular flexibility index (Phi) is 3.68. The molecule has 5 heteroatoms. The van der Waals surface area contributed by atoms with Crippen LogP contribution in [0.1, 0.15) is 19.3 Å². The van der Waals surface area contributed by atoms with Crippen molar-refractivity contribution >= 4 is 16.7 Å². The minimum Gasteiger partial charge on any atom is -0.391 e. The number of pyridine rings is 2. The van der Waals surface area contributed by atoms with Gasteiger partial charge in [0.2, 0.25) is 0 Å². The number of aromatic nitrogens is 2. The van der Waals surface area contributed by atoms with Crippen LogP contribution in [0.15, 0.2) is 30.6 Å². The van der Waals surface area contributed by atoms with Gasteiger partial charge >= 0.3 is 0 Å². The summed E-state index contributed by atoms with van der Waals surface area (Å²) >= 11 is 0. The van der Waals surface area contributed by atoms with Crippen LogP contribution < -0.4 is 4.90 Å². The van der Waals surface area contributed by atoms with E-state index in [0.717, 1.165) is 56.5 Å². The predicted molar refractivity (Wildman–Crippen MR) is 87.0 cm³/mol. The summed E-state index contributed by atoms with van der Waals surface area (Å²) in [7, 11) is 0. The average Bonchev–Trinajstić information content (AvgIpc) is 3.01. The van der Waals surface area contributed by atoms with Gasteiger partial charge in [-0.15, -0.1) is 0 Å². The van der Waals surface area contributed by atoms with Crippen molar-refractivity contribution in [1.82, 2.24) is 14.9 Å². The summed E-state index contributed by atoms with van der Waals surface area (Å²) < 4.78 is 0. The second-order valence-electron chi connectivity index (χ2n) is 6.29. The molecule has 1 saturated carbocycles. The summed E-state index contributed by atoms with van der Waals surface area (Å²) in [5.74, 6) is 0. The van der Waals surface area contributed by atoms with E-state index in [1.54, 1.807) is 6.20 Å². The molecule has 22 heavy (non-hydrogen) atoms. The van der Waals surface area contributed by atoms with Gasteiger partial charge < -0.3 is 10.0 Å². The number of nitrogens with zero attached hydrogens (tertiary/aromatic N) is 4. The van der Waals surface area contributed by atoms with Crippen molar-refractivity contribution in [3.05, 3.63) is 30.6 Å². The summed E-state index contributed by atoms with van der Waals surface area (Å²) in [5.41, 5.74) is 2.04. The number of rotatable bonds is 2. The number of piperazine rings is 1. The first-order valence-corrected chi connectivity index (χ1v) is 8.20. The summed E-state index contributed by atoms with van der Waals surface area (Å²) in [6, 6.07) is 6.53. The molecule has 1 N–H and O–H groups in total. The molecule has 2 aliphatic rings. The van der Waals surface area contributed by atoms with Gasteiger partial charge in [0.25, 0.3) is 0 Å². The van der Waals surface area contributed by atoms with Gasteiger partial charge in [-0.3, -0.25) is 4.90 Å². The maximum absolute atomic E-state index is 10.1. The molecule has 0 spiro atoms. The topological polar surface area (TPSA) is 52.5 Å². The molecule has 3 heterocycles. The van der Waals surface area contributed by atoms with Crippen molar-refractivity contribution in [2.45, 2.75) is 31.4 Å². The molecule has 2 atom stereocenters. The maximum Gasteiger partial charge on any atom is 0.161 e. The molecular weight excluding hydrogens is 276 g/mol. The largest absolute Gasteiger partial charge is 0.391 e. The molecule has 1 saturated heterocycles. The van der Waals surface area contributed by atoms with Gasteiger partial charge in [-0.05, 0) is 37.5 Å². The lowest BCUT2D eigenvalue weighted by Gasteiger charge is -2.40. The van der Waals surface area contributed by atoms with E-state index in [1.807, 2.05) is 12.3 Å². The van der Waals surface area contributed by atoms with Gasteiger partial charge in [-0.2, -0.15) is 0 Å². The second kappa shape index (κ2) is 5.82. The Bertz CT molecular complexity index is 649. The van der Waals surface area contributed by atoms with E-state index in [-0.39, 0.29) is 6.10 Å². The molecule has 4 rings (SSSR count). The zero-order valence-electron chi connectivity index (χ0n) is 12.7. The van der Waals surface area contributed by atoms with E-state index in [1.165, 1.54) is 5.69 Å². The maximum atomic E-state index is 10.1. The molecule has 0 bridgehead atoms. The van der Waals surface area contributed by atoms with Crippen LogP contribution in [-0.2, 0) is 0 Å². The Morgan fingerprint density at radius 2 is 1.82 bits per heavy atom. The first-order valence-electron chi connectivity index (χ1n) is 8.20. The van der Waals surface area contributed by atoms with Crippen LogP contribution in [-0.4, -0.2) is 58.3 Å². The molecule has 2 aromatic heterocycles. The third-order valence-electron chi connectivity index (χ3n) is 5.06. The summed E-state index contributed by atoms with van der Waals surface area (Å²) in [4.78, 5) is 13.6. The van der Waals surface area contributed by atoms with E-state index >= 15 is 0 Å². The number of fused-ring (bicyclic) bond motifs is 1. The number of hydrogen-bond acceptors (Lipinski definition) is 5. The molecule has 0 radical (unpaired) electrons. The van der Waals surface area contributed by atoms with Crippen LogP contribution in [0.5, 0.6) is 0 Å². The lowest BCUT2D eigenvalue weighted by Crippen LogP contribution is -2.52. The number of hydrogen-bond donors (Lipinski definition) is 1. The Morgan fingerprint density at radius 1 is 1.00 bits per heavy atom. The summed E-state index contributed by atoms with van der Waals surface area (Å²) in [5, 5.41) is 11.2. The van der Waals surface area contributed by atoms with Crippen molar-refractivity contribution in [2.75, 3.05) is 31.1 Å². The minimum atomic E-state index is -0.127. The Morgan fingerprint density at radius 3 is 2.59 bits per heavy atom. The summed E-state index contributed by atoms with van der Waals surface area (Å²) in [6.45, 7) is 4.03. The van der Waals surface area contributed by atoms with Crippen LogP contribution in [0.4, 0.5) is 5.69 Å². The fourth-order valence-corrected chi connectivity index (χ4v) is 3.89. The molecule has 5 nitrogen and oxygen atoms in total. The van der Waals surface area contributed by atoms with Gasteiger partial charge in [0.1, 0.15) is 0 Å². The quantitative estimate of drug-likeness (QED) is 0.914. The molecule has 2 unspecified atom stereocenters. The minimum absolute atomic E-state index is 0.127. The fraction of sp³-hybridized carbons (Fsp3) is 0.529. The molecule has 116 valence electrons. The number of aliphatic hydroxyl groups excluding tert-OH is 1. The zero-order chi connectivity index (χ0) is 14.9. The van der Waals surface area contributed by atoms with E-state index in [9.17, 15) is 5.11 Å². The van der Waals surface area contributed by atoms with Gasteiger partial charge in [0, 0.05) is 55.7 Å². The van der Waals surface area contributed by atoms with Gasteiger partial charge in [-0.1, -0.05) is 0 Å². The lowest BCUT2D eigenvalue weighted by atomic mass is 10.1. The number of aliphatic hydroxyl groups is 1. The van der Waals surface area contributed by atoms with Crippen LogP contribution in [0, 0.1) is 0 Å². The van der Waals surface area contributed by atoms with Crippen LogP contribution in [0.3, 0.4) is 0 Å². The molecule has 1 aliphatic heterocycles. The van der Waals surface area contributed by atoms with Crippen molar-refractivity contribution in [3.63, 3.8) is 0 Å². The molecular formula is C17H22N4O. The molecule has 2 fully saturated rings. The molecule has 1 aliphatic carbocycles. The van der Waals surface area contributed by atoms with Crippen LogP contribution in [0.25, 0.3) is 11.0 Å². The SMILES string of the molecule is OC1CCCC1N1CCN(c2ccnc3ncccc23)CC1. The average molecular weight is 298 g/mol. The standard InChI is InChI=1S/C17H22N4O/c22-16-5-1-4-15(16)21-11-9-20(10-12-21)14-6-8-19-17-13(14)3-2-7-18-17/h2-3,6-8,15-16,22H,1,4-5,9-12H2. The smallest absolute Gasteiger partial charge is 0.161 e. The van der Waals surface area contributed by atoms with E-state index in [4.69, 9.17) is 0 Å². The van der Waals surface area contributed by atoms with Crippen molar-refractivity contribution < 1.29 is 5.11 Å². The predicted octanol–water partition coefficient (Wildman–Crippen LogP) is 1.67. The fourth-order valence-electron chi connectivity index (χ4n) is 3.89. The second-order valence-corrected chi connectivity index (χ2v) is 6.29. The van der Waals surface area contributed by atoms with Gasteiger partial charge in [-0.25, -0.2) is 9.97 Å². The van der Waals surface area contributed by atoms with Gasteiger partial charge in [0.05, 0.1) is 6.10 Å². The highest BCUT2D eigenvalue weighted by molar-refractivity contribution is 5.89. The van der Waals surface area contributed by atoms with E-state index < -0.39 is 0 Å². The Balaban J connectivity index is 1.51. The number of anilines is 1. The van der Waals surface area contributed by atoms with Gasteiger partial charge in [0.15, 0.2) is 5.65 Å². The first-order chi connectivity index (χ1) is 10.8. The molecule has 0 aromatic carbocycles. The van der Waals surface area contributed by atoms with Crippen LogP contribution >= 0.6 is 0 Å². The molecule has 0 amide bonds. The Labute approximate surface area is 130 Å². The monoisotopic (exact) mass is 298 g/mol. The van der Waals surface area contributed by atoms with Crippen LogP contribution in [0.2, 0.25) is 0 Å². The van der Waals surface area contributed by atoms with E-state index in [0.29, 0.717) is 6.04 Å². The van der Waals surface area contributed by atoms with Crippen molar-refractivity contribution in [2.24, 2.45) is 0 Å². The van der Waals surface area contributed by atoms with Crippen molar-refractivity contribution in [3.8, 4) is 0 Å². The van der Waals surface area contributed by atoms with E-state index in [2.05, 4.69) is 31.9 Å². The molecule has 2 aromatic rings. The highest BCUT2D eigenvalue weighted by Crippen LogP contribution is 2.28. The zero-order valence-corrected chi connectivity index (χ0v) is 12.7. The lowest BCUT2D eigenvalue weighted by molar-refractivity contribution is 0.0672. The summed E-state index contributed by atoms with van der Waals surface area (Å²) in [6.07, 6.45) is 6.77. The normalized spacial score (nSPS) is 26.7. The highest BCUT2D eigenvalue weighted by Gasteiger charge is 2.32. The Hall–Kier alpha value is -1.72. The first kappa shape index (κ1) is 13.9. The third kappa shape index (κ3) is 2.44. The van der Waals surface area contributed by atoms with Crippen molar-refractivity contribution in [1.29, 1.82) is 0 Å². The highest BCUT2D eigenvalue weighted by atomic mass is 16.3.